The number of carbonyl (C=O) groups excluding carboxylic acids is 2. The van der Waals surface area contributed by atoms with Crippen molar-refractivity contribution in [2.75, 3.05) is 38.6 Å². The zero-order valence-corrected chi connectivity index (χ0v) is 17.9. The fourth-order valence-corrected chi connectivity index (χ4v) is 2.53. The van der Waals surface area contributed by atoms with Crippen LogP contribution in [0.15, 0.2) is 29.3 Å². The smallest absolute Gasteiger partial charge is 0.241 e. The molecule has 0 atom stereocenters. The average molecular weight is 473 g/mol. The second-order valence-corrected chi connectivity index (χ2v) is 6.15. The van der Waals surface area contributed by atoms with Crippen molar-refractivity contribution in [3.8, 4) is 0 Å². The Morgan fingerprint density at radius 2 is 1.92 bits per heavy atom. The molecule has 1 aromatic rings. The Labute approximate surface area is 172 Å². The van der Waals surface area contributed by atoms with Crippen molar-refractivity contribution in [1.29, 1.82) is 0 Å². The summed E-state index contributed by atoms with van der Waals surface area (Å²) in [6, 6.07) is 7.89. The molecule has 26 heavy (non-hydrogen) atoms. The maximum Gasteiger partial charge on any atom is 0.241 e. The Morgan fingerprint density at radius 1 is 1.23 bits per heavy atom. The summed E-state index contributed by atoms with van der Waals surface area (Å²) >= 11 is 0. The van der Waals surface area contributed by atoms with E-state index in [1.165, 1.54) is 4.90 Å². The fourth-order valence-electron chi connectivity index (χ4n) is 2.53. The molecule has 0 saturated carbocycles. The third kappa shape index (κ3) is 6.47. The maximum atomic E-state index is 11.8. The first-order valence-corrected chi connectivity index (χ1v) is 8.63. The standard InChI is InChI=1S/C18H27N5O2.HI/c1-4-19-18(21-13-17(25)22(2)3)20-12-14-7-9-15(10-8-14)23-11-5-6-16(23)24;/h7-10H,4-6,11-13H2,1-3H3,(H2,19,20,21);1H. The second kappa shape index (κ2) is 11.0. The van der Waals surface area contributed by atoms with Crippen molar-refractivity contribution in [3.05, 3.63) is 29.8 Å². The number of rotatable bonds is 6. The summed E-state index contributed by atoms with van der Waals surface area (Å²) in [7, 11) is 3.45. The van der Waals surface area contributed by atoms with Crippen LogP contribution in [0.25, 0.3) is 0 Å². The highest BCUT2D eigenvalue weighted by atomic mass is 127. The number of halogens is 1. The number of anilines is 1. The fraction of sp³-hybridized carbons (Fsp3) is 0.500. The Morgan fingerprint density at radius 3 is 2.46 bits per heavy atom. The number of nitrogens with zero attached hydrogens (tertiary/aromatic N) is 3. The topological polar surface area (TPSA) is 77.0 Å². The van der Waals surface area contributed by atoms with Crippen molar-refractivity contribution < 1.29 is 9.59 Å². The molecule has 1 saturated heterocycles. The van der Waals surface area contributed by atoms with Crippen LogP contribution in [0.1, 0.15) is 25.3 Å². The van der Waals surface area contributed by atoms with Gasteiger partial charge in [0.1, 0.15) is 0 Å². The maximum absolute atomic E-state index is 11.8. The number of nitrogens with one attached hydrogen (secondary N) is 2. The molecule has 7 nitrogen and oxygen atoms in total. The minimum atomic E-state index is -0.00904. The summed E-state index contributed by atoms with van der Waals surface area (Å²) in [5.74, 6) is 0.789. The summed E-state index contributed by atoms with van der Waals surface area (Å²) < 4.78 is 0. The normalized spacial score (nSPS) is 14.0. The summed E-state index contributed by atoms with van der Waals surface area (Å²) in [4.78, 5) is 31.3. The lowest BCUT2D eigenvalue weighted by molar-refractivity contribution is -0.127. The molecule has 1 aliphatic rings. The van der Waals surface area contributed by atoms with Gasteiger partial charge in [0.2, 0.25) is 11.8 Å². The van der Waals surface area contributed by atoms with Crippen LogP contribution >= 0.6 is 24.0 Å². The first-order valence-electron chi connectivity index (χ1n) is 8.63. The van der Waals surface area contributed by atoms with Gasteiger partial charge in [0.25, 0.3) is 0 Å². The molecule has 0 aliphatic carbocycles. The summed E-state index contributed by atoms with van der Waals surface area (Å²) in [5.41, 5.74) is 1.99. The minimum Gasteiger partial charge on any atom is -0.357 e. The molecule has 8 heteroatoms. The number of carbonyl (C=O) groups is 2. The molecule has 2 N–H and O–H groups in total. The van der Waals surface area contributed by atoms with Crippen molar-refractivity contribution in [2.24, 2.45) is 4.99 Å². The van der Waals surface area contributed by atoms with Crippen LogP contribution in [0.4, 0.5) is 5.69 Å². The minimum absolute atomic E-state index is 0. The van der Waals surface area contributed by atoms with Gasteiger partial charge in [-0.15, -0.1) is 24.0 Å². The van der Waals surface area contributed by atoms with Gasteiger partial charge in [0, 0.05) is 39.3 Å². The lowest BCUT2D eigenvalue weighted by Crippen LogP contribution is -2.42. The molecule has 1 aliphatic heterocycles. The zero-order chi connectivity index (χ0) is 18.2. The predicted octanol–water partition coefficient (Wildman–Crippen LogP) is 1.57. The van der Waals surface area contributed by atoms with Gasteiger partial charge in [-0.05, 0) is 31.0 Å². The van der Waals surface area contributed by atoms with Gasteiger partial charge in [0.05, 0.1) is 13.1 Å². The molecule has 144 valence electrons. The molecular weight excluding hydrogens is 445 g/mol. The Kier molecular flexibility index (Phi) is 9.39. The molecule has 0 radical (unpaired) electrons. The van der Waals surface area contributed by atoms with Crippen LogP contribution in [0.5, 0.6) is 0 Å². The van der Waals surface area contributed by atoms with Gasteiger partial charge >= 0.3 is 0 Å². The van der Waals surface area contributed by atoms with E-state index in [9.17, 15) is 9.59 Å². The molecule has 0 aromatic heterocycles. The molecule has 1 aromatic carbocycles. The highest BCUT2D eigenvalue weighted by Crippen LogP contribution is 2.21. The number of hydrogen-bond acceptors (Lipinski definition) is 3. The van der Waals surface area contributed by atoms with Crippen LogP contribution in [0.3, 0.4) is 0 Å². The van der Waals surface area contributed by atoms with E-state index < -0.39 is 0 Å². The number of likely N-dealkylation sites (N-methyl/N-ethyl adjacent to an activating group) is 1. The largest absolute Gasteiger partial charge is 0.357 e. The van der Waals surface area contributed by atoms with Gasteiger partial charge in [-0.25, -0.2) is 4.99 Å². The van der Waals surface area contributed by atoms with Crippen LogP contribution in [-0.4, -0.2) is 56.4 Å². The van der Waals surface area contributed by atoms with Crippen LogP contribution in [0, 0.1) is 0 Å². The summed E-state index contributed by atoms with van der Waals surface area (Å²) in [6.45, 7) is 4.20. The Bertz CT molecular complexity index is 631. The predicted molar refractivity (Wildman–Crippen MR) is 115 cm³/mol. The third-order valence-corrected chi connectivity index (χ3v) is 3.99. The number of amides is 2. The van der Waals surface area contributed by atoms with E-state index in [1.807, 2.05) is 36.1 Å². The first-order chi connectivity index (χ1) is 12.0. The summed E-state index contributed by atoms with van der Waals surface area (Å²) in [5, 5.41) is 6.15. The molecule has 0 unspecified atom stereocenters. The second-order valence-electron chi connectivity index (χ2n) is 6.15. The van der Waals surface area contributed by atoms with E-state index in [1.54, 1.807) is 14.1 Å². The van der Waals surface area contributed by atoms with Crippen LogP contribution in [-0.2, 0) is 16.1 Å². The molecule has 2 rings (SSSR count). The van der Waals surface area contributed by atoms with Crippen LogP contribution < -0.4 is 15.5 Å². The lowest BCUT2D eigenvalue weighted by atomic mass is 10.2. The zero-order valence-electron chi connectivity index (χ0n) is 15.6. The molecule has 0 spiro atoms. The van der Waals surface area contributed by atoms with Crippen molar-refractivity contribution in [3.63, 3.8) is 0 Å². The Hall–Kier alpha value is -1.84. The van der Waals surface area contributed by atoms with E-state index in [0.29, 0.717) is 18.9 Å². The summed E-state index contributed by atoms with van der Waals surface area (Å²) in [6.07, 6.45) is 1.56. The van der Waals surface area contributed by atoms with E-state index >= 15 is 0 Å². The highest BCUT2D eigenvalue weighted by molar-refractivity contribution is 14.0. The van der Waals surface area contributed by atoms with Crippen LogP contribution in [0.2, 0.25) is 0 Å². The van der Waals surface area contributed by atoms with Gasteiger partial charge in [-0.2, -0.15) is 0 Å². The SMILES string of the molecule is CCNC(=NCc1ccc(N2CCCC2=O)cc1)NCC(=O)N(C)C.I. The first kappa shape index (κ1) is 22.2. The van der Waals surface area contributed by atoms with Crippen molar-refractivity contribution >= 4 is 47.4 Å². The van der Waals surface area contributed by atoms with E-state index in [0.717, 1.165) is 30.8 Å². The number of aliphatic imine (C=N–C) groups is 1. The molecule has 2 amide bonds. The van der Waals surface area contributed by atoms with E-state index in [-0.39, 0.29) is 42.3 Å². The van der Waals surface area contributed by atoms with E-state index in [2.05, 4.69) is 15.6 Å². The average Bonchev–Trinajstić information content (AvgIpc) is 3.03. The number of hydrogen-bond donors (Lipinski definition) is 2. The molecule has 1 fully saturated rings. The molecular formula is C18H28IN5O2. The van der Waals surface area contributed by atoms with Gasteiger partial charge in [-0.1, -0.05) is 12.1 Å². The van der Waals surface area contributed by atoms with Gasteiger partial charge < -0.3 is 20.4 Å². The van der Waals surface area contributed by atoms with Crippen molar-refractivity contribution in [2.45, 2.75) is 26.3 Å². The quantitative estimate of drug-likeness (QED) is 0.374. The Balaban J connectivity index is 0.00000338. The van der Waals surface area contributed by atoms with Gasteiger partial charge in [0.15, 0.2) is 5.96 Å². The number of guanidine groups is 1. The number of benzene rings is 1. The van der Waals surface area contributed by atoms with E-state index in [4.69, 9.17) is 0 Å². The molecule has 1 heterocycles. The lowest BCUT2D eigenvalue weighted by Gasteiger charge is -2.16. The third-order valence-electron chi connectivity index (χ3n) is 3.99. The monoisotopic (exact) mass is 473 g/mol. The van der Waals surface area contributed by atoms with Crippen molar-refractivity contribution in [1.82, 2.24) is 15.5 Å². The highest BCUT2D eigenvalue weighted by Gasteiger charge is 2.21. The van der Waals surface area contributed by atoms with Gasteiger partial charge in [-0.3, -0.25) is 9.59 Å². The molecule has 0 bridgehead atoms.